The van der Waals surface area contributed by atoms with Crippen molar-refractivity contribution in [2.75, 3.05) is 10.6 Å². The van der Waals surface area contributed by atoms with Crippen molar-refractivity contribution in [2.45, 2.75) is 6.54 Å². The van der Waals surface area contributed by atoms with Crippen molar-refractivity contribution in [3.63, 3.8) is 0 Å². The third-order valence-electron chi connectivity index (χ3n) is 5.66. The molecule has 11 heteroatoms. The highest BCUT2D eigenvalue weighted by molar-refractivity contribution is 9.10. The average molecular weight is 545 g/mol. The Morgan fingerprint density at radius 3 is 2.58 bits per heavy atom. The number of carbonyl (C=O) groups excluding carboxylic acids is 2. The lowest BCUT2D eigenvalue weighted by Crippen LogP contribution is -2.28. The zero-order chi connectivity index (χ0) is 25.1. The van der Waals surface area contributed by atoms with Crippen LogP contribution < -0.4 is 16.0 Å². The molecule has 36 heavy (non-hydrogen) atoms. The highest BCUT2D eigenvalue weighted by atomic mass is 79.9. The van der Waals surface area contributed by atoms with E-state index in [1.807, 2.05) is 54.6 Å². The van der Waals surface area contributed by atoms with E-state index in [9.17, 15) is 9.59 Å². The lowest BCUT2D eigenvalue weighted by Gasteiger charge is -2.12. The fourth-order valence-corrected chi connectivity index (χ4v) is 4.32. The van der Waals surface area contributed by atoms with Gasteiger partial charge in [-0.2, -0.15) is 0 Å². The minimum atomic E-state index is -0.335. The van der Waals surface area contributed by atoms with Gasteiger partial charge in [-0.15, -0.1) is 5.10 Å². The Kier molecular flexibility index (Phi) is 6.46. The van der Waals surface area contributed by atoms with Crippen LogP contribution in [0.1, 0.15) is 16.1 Å². The number of H-pyrrole nitrogens is 1. The number of nitrogens with one attached hydrogen (secondary N) is 4. The molecule has 0 aliphatic rings. The van der Waals surface area contributed by atoms with Crippen LogP contribution in [0.25, 0.3) is 22.3 Å². The fourth-order valence-electron chi connectivity index (χ4n) is 3.96. The standard InChI is InChI=1S/C25H21BrN8O2/c1-34-21(24(35)28-19-11-10-17(26)13-18(19)23-30-32-33-31-23)12-16-8-5-9-20(22(16)34)29-25(36)27-14-15-6-3-2-4-7-15/h2-13H,14H2,1H3,(H,28,35)(H2,27,29,36)(H,30,31,32,33). The van der Waals surface area contributed by atoms with Gasteiger partial charge in [-0.25, -0.2) is 9.89 Å². The van der Waals surface area contributed by atoms with Crippen LogP contribution in [0.5, 0.6) is 0 Å². The van der Waals surface area contributed by atoms with E-state index in [1.165, 1.54) is 0 Å². The molecule has 0 unspecified atom stereocenters. The Bertz CT molecular complexity index is 1550. The molecule has 180 valence electrons. The number of nitrogens with zero attached hydrogens (tertiary/aromatic N) is 4. The number of hydrogen-bond donors (Lipinski definition) is 4. The molecule has 0 radical (unpaired) electrons. The Morgan fingerprint density at radius 2 is 1.81 bits per heavy atom. The van der Waals surface area contributed by atoms with Crippen molar-refractivity contribution in [1.29, 1.82) is 0 Å². The molecule has 0 aliphatic carbocycles. The van der Waals surface area contributed by atoms with E-state index in [0.29, 0.717) is 35.0 Å². The molecule has 0 saturated carbocycles. The predicted octanol–water partition coefficient (Wildman–Crippen LogP) is 4.69. The molecule has 0 aliphatic heterocycles. The van der Waals surface area contributed by atoms with E-state index in [2.05, 4.69) is 52.5 Å². The summed E-state index contributed by atoms with van der Waals surface area (Å²) in [7, 11) is 1.78. The Balaban J connectivity index is 1.38. The van der Waals surface area contributed by atoms with Crippen LogP contribution in [-0.4, -0.2) is 37.1 Å². The summed E-state index contributed by atoms with van der Waals surface area (Å²) in [6, 6.07) is 22.0. The summed E-state index contributed by atoms with van der Waals surface area (Å²) < 4.78 is 2.57. The third-order valence-corrected chi connectivity index (χ3v) is 6.16. The molecule has 10 nitrogen and oxygen atoms in total. The van der Waals surface area contributed by atoms with Crippen LogP contribution in [0, 0.1) is 0 Å². The number of para-hydroxylation sites is 1. The first-order chi connectivity index (χ1) is 17.5. The quantitative estimate of drug-likeness (QED) is 0.246. The fraction of sp³-hybridized carbons (Fsp3) is 0.0800. The predicted molar refractivity (Wildman–Crippen MR) is 140 cm³/mol. The maximum absolute atomic E-state index is 13.3. The van der Waals surface area contributed by atoms with Crippen molar-refractivity contribution in [1.82, 2.24) is 30.5 Å². The normalized spacial score (nSPS) is 10.8. The first kappa shape index (κ1) is 23.2. The zero-order valence-electron chi connectivity index (χ0n) is 19.1. The van der Waals surface area contributed by atoms with Crippen LogP contribution in [0.2, 0.25) is 0 Å². The largest absolute Gasteiger partial charge is 0.338 e. The van der Waals surface area contributed by atoms with Crippen LogP contribution in [-0.2, 0) is 13.6 Å². The van der Waals surface area contributed by atoms with Gasteiger partial charge in [0.15, 0.2) is 5.82 Å². The molecule has 5 aromatic rings. The van der Waals surface area contributed by atoms with Crippen molar-refractivity contribution >= 4 is 50.1 Å². The van der Waals surface area contributed by atoms with Gasteiger partial charge in [-0.05, 0) is 46.3 Å². The molecule has 2 aromatic heterocycles. The summed E-state index contributed by atoms with van der Waals surface area (Å²) in [4.78, 5) is 25.9. The van der Waals surface area contributed by atoms with Gasteiger partial charge in [-0.3, -0.25) is 4.79 Å². The lowest BCUT2D eigenvalue weighted by molar-refractivity contribution is 0.102. The number of amides is 3. The van der Waals surface area contributed by atoms with Crippen LogP contribution in [0.4, 0.5) is 16.2 Å². The maximum atomic E-state index is 13.3. The first-order valence-electron chi connectivity index (χ1n) is 11.0. The van der Waals surface area contributed by atoms with E-state index < -0.39 is 0 Å². The number of carbonyl (C=O) groups is 2. The number of benzene rings is 3. The number of halogens is 1. The number of hydrogen-bond acceptors (Lipinski definition) is 5. The van der Waals surface area contributed by atoms with Gasteiger partial charge >= 0.3 is 6.03 Å². The first-order valence-corrected chi connectivity index (χ1v) is 11.8. The smallest absolute Gasteiger partial charge is 0.319 e. The second-order valence-electron chi connectivity index (χ2n) is 8.02. The molecule has 0 fully saturated rings. The number of anilines is 2. The zero-order valence-corrected chi connectivity index (χ0v) is 20.7. The number of aromatic nitrogens is 5. The number of tetrazole rings is 1. The summed E-state index contributed by atoms with van der Waals surface area (Å²) >= 11 is 3.44. The monoisotopic (exact) mass is 544 g/mol. The van der Waals surface area contributed by atoms with E-state index in [1.54, 1.807) is 29.8 Å². The molecule has 2 heterocycles. The van der Waals surface area contributed by atoms with Gasteiger partial charge in [-0.1, -0.05) is 58.4 Å². The summed E-state index contributed by atoms with van der Waals surface area (Å²) in [5, 5.41) is 23.4. The Morgan fingerprint density at radius 1 is 0.972 bits per heavy atom. The lowest BCUT2D eigenvalue weighted by atomic mass is 10.1. The van der Waals surface area contributed by atoms with Crippen molar-refractivity contribution in [3.05, 3.63) is 88.5 Å². The molecular weight excluding hydrogens is 524 g/mol. The average Bonchev–Trinajstić information content (AvgIpc) is 3.53. The molecule has 3 amide bonds. The van der Waals surface area contributed by atoms with Gasteiger partial charge in [0.1, 0.15) is 5.69 Å². The minimum absolute atomic E-state index is 0.316. The number of aromatic amines is 1. The Hall–Kier alpha value is -4.51. The molecule has 0 saturated heterocycles. The van der Waals surface area contributed by atoms with Gasteiger partial charge < -0.3 is 20.5 Å². The summed E-state index contributed by atoms with van der Waals surface area (Å²) in [5.41, 5.74) is 3.93. The van der Waals surface area contributed by atoms with Gasteiger partial charge in [0.05, 0.1) is 16.9 Å². The highest BCUT2D eigenvalue weighted by Crippen LogP contribution is 2.30. The van der Waals surface area contributed by atoms with Crippen LogP contribution in [0.3, 0.4) is 0 Å². The van der Waals surface area contributed by atoms with Gasteiger partial charge in [0.2, 0.25) is 0 Å². The highest BCUT2D eigenvalue weighted by Gasteiger charge is 2.19. The molecule has 0 atom stereocenters. The molecule has 0 bridgehead atoms. The molecule has 0 spiro atoms. The second kappa shape index (κ2) is 10.0. The number of rotatable bonds is 6. The molecule has 5 rings (SSSR count). The van der Waals surface area contributed by atoms with E-state index in [-0.39, 0.29) is 11.9 Å². The molecule has 4 N–H and O–H groups in total. The third kappa shape index (κ3) is 4.82. The second-order valence-corrected chi connectivity index (χ2v) is 8.93. The van der Waals surface area contributed by atoms with Crippen molar-refractivity contribution in [2.24, 2.45) is 7.05 Å². The summed E-state index contributed by atoms with van der Waals surface area (Å²) in [5.74, 6) is 0.112. The van der Waals surface area contributed by atoms with E-state index in [4.69, 9.17) is 0 Å². The van der Waals surface area contributed by atoms with Crippen LogP contribution >= 0.6 is 15.9 Å². The van der Waals surface area contributed by atoms with Crippen molar-refractivity contribution < 1.29 is 9.59 Å². The number of fused-ring (bicyclic) bond motifs is 1. The topological polar surface area (TPSA) is 130 Å². The van der Waals surface area contributed by atoms with Gasteiger partial charge in [0.25, 0.3) is 5.91 Å². The minimum Gasteiger partial charge on any atom is -0.338 e. The Labute approximate surface area is 214 Å². The number of urea groups is 1. The SMILES string of the molecule is Cn1c(C(=O)Nc2ccc(Br)cc2-c2nnn[nH]2)cc2cccc(NC(=O)NCc3ccccc3)c21. The summed E-state index contributed by atoms with van der Waals surface area (Å²) in [6.07, 6.45) is 0. The summed E-state index contributed by atoms with van der Waals surface area (Å²) in [6.45, 7) is 0.402. The maximum Gasteiger partial charge on any atom is 0.319 e. The van der Waals surface area contributed by atoms with Gasteiger partial charge in [0, 0.05) is 29.0 Å². The molecule has 3 aromatic carbocycles. The van der Waals surface area contributed by atoms with Crippen molar-refractivity contribution in [3.8, 4) is 11.4 Å². The van der Waals surface area contributed by atoms with Crippen LogP contribution in [0.15, 0.2) is 77.3 Å². The molecular formula is C25H21BrN8O2. The van der Waals surface area contributed by atoms with E-state index in [0.717, 1.165) is 20.9 Å². The number of aryl methyl sites for hydroxylation is 1. The van der Waals surface area contributed by atoms with E-state index >= 15 is 0 Å².